The van der Waals surface area contributed by atoms with Crippen LogP contribution in [0, 0.1) is 0 Å². The summed E-state index contributed by atoms with van der Waals surface area (Å²) < 4.78 is 0. The molecule has 10 heteroatoms. The van der Waals surface area contributed by atoms with E-state index in [1.165, 1.54) is 12.1 Å². The summed E-state index contributed by atoms with van der Waals surface area (Å²) in [6.07, 6.45) is 3.17. The van der Waals surface area contributed by atoms with E-state index >= 15 is 0 Å². The van der Waals surface area contributed by atoms with Crippen molar-refractivity contribution in [3.63, 3.8) is 0 Å². The summed E-state index contributed by atoms with van der Waals surface area (Å²) in [4.78, 5) is 8.21. The Balaban J connectivity index is 0. The molecule has 32 heavy (non-hydrogen) atoms. The fourth-order valence-corrected chi connectivity index (χ4v) is 2.20. The van der Waals surface area contributed by atoms with E-state index in [0.29, 0.717) is 50.4 Å². The van der Waals surface area contributed by atoms with Crippen LogP contribution in [0.2, 0.25) is 0 Å². The van der Waals surface area contributed by atoms with Crippen LogP contribution in [0.15, 0.2) is 58.5 Å². The van der Waals surface area contributed by atoms with Crippen molar-refractivity contribution < 1.29 is 49.6 Å². The van der Waals surface area contributed by atoms with Crippen molar-refractivity contribution in [1.29, 1.82) is 0 Å². The van der Waals surface area contributed by atoms with E-state index in [0.717, 1.165) is 0 Å². The minimum Gasteiger partial charge on any atom is -1.00 e. The quantitative estimate of drug-likeness (QED) is 0.174. The molecule has 0 saturated heterocycles. The number of rotatable bonds is 12. The largest absolute Gasteiger partial charge is 3.00 e. The zero-order valence-corrected chi connectivity index (χ0v) is 19.5. The van der Waals surface area contributed by atoms with Crippen LogP contribution >= 0.6 is 0 Å². The Morgan fingerprint density at radius 1 is 0.688 bits per heavy atom. The second-order valence-electron chi connectivity index (χ2n) is 6.09. The Hall–Kier alpha value is -1.98. The van der Waals surface area contributed by atoms with Crippen molar-refractivity contribution >= 4 is 12.4 Å². The van der Waals surface area contributed by atoms with Gasteiger partial charge in [-0.1, -0.05) is 48.5 Å². The number of benzene rings is 2. The van der Waals surface area contributed by atoms with Crippen LogP contribution in [0.4, 0.5) is 0 Å². The monoisotopic (exact) mass is 508 g/mol. The van der Waals surface area contributed by atoms with E-state index < -0.39 is 0 Å². The predicted octanol–water partition coefficient (Wildman–Crippen LogP) is -3.48. The van der Waals surface area contributed by atoms with Crippen molar-refractivity contribution in [3.05, 3.63) is 59.7 Å². The molecule has 2 rings (SSSR count). The van der Waals surface area contributed by atoms with Gasteiger partial charge in [0.2, 0.25) is 0 Å². The van der Waals surface area contributed by atoms with Crippen LogP contribution in [0.3, 0.4) is 0 Å². The van der Waals surface area contributed by atoms with E-state index in [-0.39, 0.29) is 53.9 Å². The summed E-state index contributed by atoms with van der Waals surface area (Å²) in [5.74, 6) is -0.0193. The topological polar surface area (TPSA) is 135 Å². The third-order valence-corrected chi connectivity index (χ3v) is 3.71. The second-order valence-corrected chi connectivity index (χ2v) is 6.09. The minimum absolute atomic E-state index is 0. The first-order valence-corrected chi connectivity index (χ1v) is 9.84. The van der Waals surface area contributed by atoms with Gasteiger partial charge in [0.25, 0.3) is 0 Å². The molecule has 0 spiro atoms. The van der Waals surface area contributed by atoms with Crippen molar-refractivity contribution in [1.82, 2.24) is 10.6 Å². The van der Waals surface area contributed by atoms with Crippen molar-refractivity contribution in [3.8, 4) is 11.5 Å². The van der Waals surface area contributed by atoms with Crippen LogP contribution in [-0.2, 0) is 16.8 Å². The molecule has 0 aliphatic rings. The number of nitrogens with zero attached hydrogens (tertiary/aromatic N) is 2. The Kier molecular flexibility index (Phi) is 22.4. The summed E-state index contributed by atoms with van der Waals surface area (Å²) in [6, 6.07) is 13.6. The van der Waals surface area contributed by atoms with E-state index in [1.807, 2.05) is 12.1 Å². The summed E-state index contributed by atoms with van der Waals surface area (Å²) in [5, 5.41) is 45.5. The van der Waals surface area contributed by atoms with E-state index in [2.05, 4.69) is 20.6 Å². The zero-order valence-electron chi connectivity index (χ0n) is 17.7. The molecule has 2 aromatic carbocycles. The van der Waals surface area contributed by atoms with Gasteiger partial charge in [-0.05, 0) is 11.1 Å². The Bertz CT molecular complexity index is 703. The normalized spacial score (nSPS) is 10.3. The van der Waals surface area contributed by atoms with Gasteiger partial charge in [-0.25, -0.2) is 0 Å². The summed E-state index contributed by atoms with van der Waals surface area (Å²) in [6.45, 7) is 4.04. The molecule has 0 unspecified atom stereocenters. The smallest absolute Gasteiger partial charge is 1.00 e. The average Bonchev–Trinajstić information content (AvgIpc) is 2.76. The molecule has 8 nitrogen and oxygen atoms in total. The molecular formula is C22H30ClCoN4O4. The molecule has 0 radical (unpaired) electrons. The maximum absolute atomic E-state index is 11.2. The second kappa shape index (κ2) is 22.2. The van der Waals surface area contributed by atoms with Crippen molar-refractivity contribution in [2.45, 2.75) is 0 Å². The van der Waals surface area contributed by atoms with Gasteiger partial charge >= 0.3 is 16.8 Å². The molecule has 178 valence electrons. The van der Waals surface area contributed by atoms with Gasteiger partial charge in [-0.15, -0.1) is 11.5 Å². The molecule has 0 aliphatic heterocycles. The first-order valence-electron chi connectivity index (χ1n) is 9.84. The summed E-state index contributed by atoms with van der Waals surface area (Å²) in [7, 11) is 0. The van der Waals surface area contributed by atoms with Crippen LogP contribution in [-0.4, -0.2) is 75.1 Å². The van der Waals surface area contributed by atoms with E-state index in [9.17, 15) is 10.2 Å². The number of aliphatic hydroxyl groups excluding tert-OH is 2. The van der Waals surface area contributed by atoms with Crippen LogP contribution in [0.25, 0.3) is 0 Å². The van der Waals surface area contributed by atoms with Crippen LogP contribution < -0.4 is 33.3 Å². The molecule has 0 saturated carbocycles. The van der Waals surface area contributed by atoms with Gasteiger partial charge < -0.3 is 43.5 Å². The molecular weight excluding hydrogens is 479 g/mol. The van der Waals surface area contributed by atoms with E-state index in [1.54, 1.807) is 36.7 Å². The Morgan fingerprint density at radius 3 is 1.41 bits per heavy atom. The molecule has 0 heterocycles. The number of para-hydroxylation sites is 2. The maximum Gasteiger partial charge on any atom is 3.00 e. The average molecular weight is 509 g/mol. The predicted molar refractivity (Wildman–Crippen MR) is 117 cm³/mol. The number of nitrogens with one attached hydrogen (secondary N) is 2. The number of halogens is 1. The molecule has 0 aromatic heterocycles. The van der Waals surface area contributed by atoms with Crippen molar-refractivity contribution in [2.24, 2.45) is 9.98 Å². The van der Waals surface area contributed by atoms with Crippen molar-refractivity contribution in [2.75, 3.05) is 52.5 Å². The van der Waals surface area contributed by atoms with E-state index in [4.69, 9.17) is 10.2 Å². The fourth-order valence-electron chi connectivity index (χ4n) is 2.20. The first-order chi connectivity index (χ1) is 14.7. The molecule has 2 aromatic rings. The van der Waals surface area contributed by atoms with Crippen LogP contribution in [0.1, 0.15) is 11.1 Å². The van der Waals surface area contributed by atoms with Gasteiger partial charge in [-0.3, -0.25) is 9.98 Å². The number of hydrogen-bond acceptors (Lipinski definition) is 8. The standard InChI is InChI=1S/2C11H16N2O2.ClH.Co/c2*14-8-7-12-5-6-13-9-10-3-1-2-4-11(10)15;;/h2*1-4,9,12,14-15H,5-8H2;1H;/q;;;+3/p-3. The summed E-state index contributed by atoms with van der Waals surface area (Å²) in [5.41, 5.74) is 1.22. The van der Waals surface area contributed by atoms with Gasteiger partial charge in [0.1, 0.15) is 0 Å². The zero-order chi connectivity index (χ0) is 21.9. The molecule has 0 atom stereocenters. The Labute approximate surface area is 206 Å². The third kappa shape index (κ3) is 15.8. The molecule has 0 aliphatic carbocycles. The maximum atomic E-state index is 11.2. The van der Waals surface area contributed by atoms with Gasteiger partial charge in [0, 0.05) is 38.6 Å². The summed E-state index contributed by atoms with van der Waals surface area (Å²) >= 11 is 0. The number of aliphatic hydroxyl groups is 2. The SMILES string of the molecule is [Cl-].[Co+3].[O-]c1ccccc1C=NCCNCCO.[O-]c1ccccc1C=NCCNCCO. The molecule has 0 fully saturated rings. The molecule has 0 bridgehead atoms. The molecule has 0 amide bonds. The molecule has 4 N–H and O–H groups in total. The minimum atomic E-state index is -0.00966. The fraction of sp³-hybridized carbons (Fsp3) is 0.364. The number of hydrogen-bond donors (Lipinski definition) is 4. The Morgan fingerprint density at radius 2 is 1.06 bits per heavy atom. The first kappa shape index (κ1) is 32.2. The van der Waals surface area contributed by atoms with Gasteiger partial charge in [-0.2, -0.15) is 0 Å². The van der Waals surface area contributed by atoms with Gasteiger partial charge in [0.15, 0.2) is 0 Å². The third-order valence-electron chi connectivity index (χ3n) is 3.71. The number of aliphatic imine (C=N–C) groups is 2. The van der Waals surface area contributed by atoms with Crippen LogP contribution in [0.5, 0.6) is 11.5 Å². The van der Waals surface area contributed by atoms with Gasteiger partial charge in [0.05, 0.1) is 26.3 Å².